The third kappa shape index (κ3) is 3.09. The van der Waals surface area contributed by atoms with Crippen LogP contribution >= 0.6 is 0 Å². The first-order valence-corrected chi connectivity index (χ1v) is 10.4. The summed E-state index contributed by atoms with van der Waals surface area (Å²) in [6, 6.07) is 20.4. The molecule has 0 spiro atoms. The maximum absolute atomic E-state index is 9.48. The number of furan rings is 1. The molecule has 6 heteroatoms. The number of nitrogens with zero attached hydrogens (tertiary/aromatic N) is 3. The molecule has 2 N–H and O–H groups in total. The number of pyridine rings is 2. The molecule has 0 unspecified atom stereocenters. The molecule has 4 heterocycles. The van der Waals surface area contributed by atoms with Crippen molar-refractivity contribution in [1.29, 1.82) is 0 Å². The lowest BCUT2D eigenvalue weighted by Crippen LogP contribution is -2.01. The van der Waals surface area contributed by atoms with Gasteiger partial charge in [0.1, 0.15) is 23.7 Å². The quantitative estimate of drug-likeness (QED) is 0.382. The number of rotatable bonds is 5. The highest BCUT2D eigenvalue weighted by molar-refractivity contribution is 5.97. The van der Waals surface area contributed by atoms with Gasteiger partial charge in [0.05, 0.1) is 0 Å². The zero-order valence-electron chi connectivity index (χ0n) is 17.2. The predicted molar refractivity (Wildman–Crippen MR) is 126 cm³/mol. The molecule has 0 aliphatic rings. The number of benzene rings is 2. The first kappa shape index (κ1) is 18.6. The average Bonchev–Trinajstić information content (AvgIpc) is 3.46. The third-order valence-corrected chi connectivity index (χ3v) is 5.81. The maximum atomic E-state index is 9.48. The van der Waals surface area contributed by atoms with Crippen LogP contribution in [0.4, 0.5) is 5.69 Å². The summed E-state index contributed by atoms with van der Waals surface area (Å²) in [7, 11) is 0. The fourth-order valence-corrected chi connectivity index (χ4v) is 4.19. The van der Waals surface area contributed by atoms with Gasteiger partial charge in [0.15, 0.2) is 0 Å². The number of hydrogen-bond donors (Lipinski definition) is 2. The van der Waals surface area contributed by atoms with Crippen molar-refractivity contribution in [1.82, 2.24) is 14.5 Å². The molecule has 156 valence electrons. The van der Waals surface area contributed by atoms with E-state index in [9.17, 15) is 5.11 Å². The van der Waals surface area contributed by atoms with Crippen LogP contribution in [0.1, 0.15) is 5.56 Å². The van der Waals surface area contributed by atoms with E-state index in [0.29, 0.717) is 6.54 Å². The highest BCUT2D eigenvalue weighted by Crippen LogP contribution is 2.33. The Balaban J connectivity index is 1.36. The Morgan fingerprint density at radius 3 is 2.78 bits per heavy atom. The van der Waals surface area contributed by atoms with Gasteiger partial charge in [-0.05, 0) is 41.3 Å². The van der Waals surface area contributed by atoms with Gasteiger partial charge in [-0.2, -0.15) is 0 Å². The molecule has 0 saturated carbocycles. The molecule has 32 heavy (non-hydrogen) atoms. The van der Waals surface area contributed by atoms with Gasteiger partial charge in [-0.3, -0.25) is 4.98 Å². The highest BCUT2D eigenvalue weighted by atomic mass is 16.3. The Hall–Kier alpha value is -4.16. The molecule has 6 rings (SSSR count). The molecule has 0 fully saturated rings. The summed E-state index contributed by atoms with van der Waals surface area (Å²) < 4.78 is 7.82. The number of hydrogen-bond acceptors (Lipinski definition) is 5. The minimum Gasteiger partial charge on any atom is -0.456 e. The lowest BCUT2D eigenvalue weighted by molar-refractivity contribution is 0.215. The summed E-state index contributed by atoms with van der Waals surface area (Å²) in [6.07, 6.45) is 7.33. The van der Waals surface area contributed by atoms with Crippen molar-refractivity contribution in [3.63, 3.8) is 0 Å². The van der Waals surface area contributed by atoms with E-state index in [1.54, 1.807) is 10.8 Å². The van der Waals surface area contributed by atoms with E-state index in [2.05, 4.69) is 45.6 Å². The second kappa shape index (κ2) is 7.51. The highest BCUT2D eigenvalue weighted by Gasteiger charge is 2.11. The number of aliphatic hydroxyl groups excluding tert-OH is 1. The minimum atomic E-state index is -0.0940. The van der Waals surface area contributed by atoms with Crippen LogP contribution in [0.5, 0.6) is 0 Å². The van der Waals surface area contributed by atoms with Crippen LogP contribution in [0, 0.1) is 0 Å². The summed E-state index contributed by atoms with van der Waals surface area (Å²) >= 11 is 0. The Kier molecular flexibility index (Phi) is 4.37. The summed E-state index contributed by atoms with van der Waals surface area (Å²) in [6.45, 7) is 0.560. The largest absolute Gasteiger partial charge is 0.456 e. The van der Waals surface area contributed by atoms with Gasteiger partial charge < -0.3 is 19.4 Å². The summed E-state index contributed by atoms with van der Waals surface area (Å²) in [4.78, 5) is 8.80. The molecular weight excluding hydrogens is 400 g/mol. The molecule has 0 amide bonds. The molecule has 6 aromatic rings. The number of para-hydroxylation sites is 1. The molecule has 0 radical (unpaired) electrons. The molecule has 0 bridgehead atoms. The van der Waals surface area contributed by atoms with Gasteiger partial charge in [-0.25, -0.2) is 4.98 Å². The van der Waals surface area contributed by atoms with Gasteiger partial charge in [0.25, 0.3) is 0 Å². The van der Waals surface area contributed by atoms with Gasteiger partial charge in [-0.1, -0.05) is 30.3 Å². The van der Waals surface area contributed by atoms with Crippen LogP contribution in [0.25, 0.3) is 44.1 Å². The zero-order chi connectivity index (χ0) is 21.5. The van der Waals surface area contributed by atoms with Crippen molar-refractivity contribution in [2.24, 2.45) is 0 Å². The Morgan fingerprint density at radius 1 is 0.938 bits per heavy atom. The molecular formula is C26H20N4O2. The molecule has 2 aromatic carbocycles. The van der Waals surface area contributed by atoms with Crippen LogP contribution in [0.15, 0.2) is 89.9 Å². The first-order valence-electron chi connectivity index (χ1n) is 10.4. The lowest BCUT2D eigenvalue weighted by atomic mass is 10.0. The molecule has 0 atom stereocenters. The summed E-state index contributed by atoms with van der Waals surface area (Å²) in [5.74, 6) is 0.815. The van der Waals surface area contributed by atoms with Crippen molar-refractivity contribution >= 4 is 38.5 Å². The standard InChI is InChI=1S/C26H20N4O2/c31-16-30-10-8-20-23(7-9-28-26(20)30)29-13-17-5-6-19-14-27-15-22(21(19)11-17)25-12-18-3-1-2-4-24(18)32-25/h1-12,14-15,31H,13,16H2,(H,28,29). The smallest absolute Gasteiger partial charge is 0.143 e. The van der Waals surface area contributed by atoms with Crippen LogP contribution in [0.3, 0.4) is 0 Å². The number of anilines is 1. The topological polar surface area (TPSA) is 76.1 Å². The van der Waals surface area contributed by atoms with Gasteiger partial charge in [0.2, 0.25) is 0 Å². The molecule has 0 saturated heterocycles. The van der Waals surface area contributed by atoms with E-state index in [4.69, 9.17) is 4.42 Å². The SMILES string of the molecule is OCn1ccc2c(NCc3ccc4cncc(-c5cc6ccccc6o5)c4c3)ccnc21. The van der Waals surface area contributed by atoms with Crippen LogP contribution in [0.2, 0.25) is 0 Å². The second-order valence-corrected chi connectivity index (χ2v) is 7.77. The van der Waals surface area contributed by atoms with E-state index in [1.165, 1.54) is 0 Å². The average molecular weight is 420 g/mol. The predicted octanol–water partition coefficient (Wildman–Crippen LogP) is 5.56. The van der Waals surface area contributed by atoms with Crippen LogP contribution < -0.4 is 5.32 Å². The van der Waals surface area contributed by atoms with Crippen molar-refractivity contribution in [2.45, 2.75) is 13.3 Å². The van der Waals surface area contributed by atoms with Crippen molar-refractivity contribution < 1.29 is 9.52 Å². The van der Waals surface area contributed by atoms with E-state index in [0.717, 1.165) is 55.3 Å². The number of nitrogens with one attached hydrogen (secondary N) is 1. The fourth-order valence-electron chi connectivity index (χ4n) is 4.19. The molecule has 0 aliphatic heterocycles. The van der Waals surface area contributed by atoms with Gasteiger partial charge in [-0.15, -0.1) is 0 Å². The van der Waals surface area contributed by atoms with E-state index in [1.807, 2.05) is 48.9 Å². The zero-order valence-corrected chi connectivity index (χ0v) is 17.2. The summed E-state index contributed by atoms with van der Waals surface area (Å²) in [5.41, 5.74) is 4.73. The third-order valence-electron chi connectivity index (χ3n) is 5.81. The van der Waals surface area contributed by atoms with Crippen LogP contribution in [-0.2, 0) is 13.3 Å². The normalized spacial score (nSPS) is 11.5. The number of aromatic nitrogens is 3. The molecule has 0 aliphatic carbocycles. The number of aliphatic hydroxyl groups is 1. The van der Waals surface area contributed by atoms with Crippen LogP contribution in [-0.4, -0.2) is 19.6 Å². The Bertz CT molecular complexity index is 1550. The molecule has 6 nitrogen and oxygen atoms in total. The Morgan fingerprint density at radius 2 is 1.88 bits per heavy atom. The first-order chi connectivity index (χ1) is 15.8. The van der Waals surface area contributed by atoms with Gasteiger partial charge >= 0.3 is 0 Å². The van der Waals surface area contributed by atoms with Crippen molar-refractivity contribution in [2.75, 3.05) is 5.32 Å². The van der Waals surface area contributed by atoms with Crippen molar-refractivity contribution in [3.8, 4) is 11.3 Å². The summed E-state index contributed by atoms with van der Waals surface area (Å²) in [5, 5.41) is 17.2. The second-order valence-electron chi connectivity index (χ2n) is 7.77. The monoisotopic (exact) mass is 420 g/mol. The minimum absolute atomic E-state index is 0.0940. The lowest BCUT2D eigenvalue weighted by Gasteiger charge is -2.10. The Labute approximate surface area is 183 Å². The fraction of sp³-hybridized carbons (Fsp3) is 0.0769. The number of fused-ring (bicyclic) bond motifs is 3. The van der Waals surface area contributed by atoms with Crippen molar-refractivity contribution in [3.05, 3.63) is 91.0 Å². The molecule has 4 aromatic heterocycles. The van der Waals surface area contributed by atoms with Gasteiger partial charge in [0, 0.05) is 58.7 Å². The van der Waals surface area contributed by atoms with E-state index < -0.39 is 0 Å². The maximum Gasteiger partial charge on any atom is 0.143 e. The van der Waals surface area contributed by atoms with E-state index >= 15 is 0 Å². The van der Waals surface area contributed by atoms with E-state index in [-0.39, 0.29) is 6.73 Å².